The molecule has 0 aliphatic carbocycles. The Morgan fingerprint density at radius 3 is 2.69 bits per heavy atom. The quantitative estimate of drug-likeness (QED) is 0.725. The van der Waals surface area contributed by atoms with E-state index in [1.807, 2.05) is 0 Å². The fourth-order valence-electron chi connectivity index (χ4n) is 1.90. The molecule has 3 heteroatoms. The molecule has 1 heterocycles. The Hall–Kier alpha value is -0.120. The van der Waals surface area contributed by atoms with Crippen LogP contribution in [0.15, 0.2) is 0 Å². The molecule has 1 atom stereocenters. The summed E-state index contributed by atoms with van der Waals surface area (Å²) >= 11 is 0. The Morgan fingerprint density at radius 2 is 2.06 bits per heavy atom. The third-order valence-electron chi connectivity index (χ3n) is 3.13. The number of hydrogen-bond acceptors (Lipinski definition) is 3. The van der Waals surface area contributed by atoms with Crippen molar-refractivity contribution in [2.45, 2.75) is 40.2 Å². The Balaban J connectivity index is 2.02. The molecular weight excluding hydrogens is 200 g/mol. The fourth-order valence-corrected chi connectivity index (χ4v) is 1.90. The Kier molecular flexibility index (Phi) is 5.73. The van der Waals surface area contributed by atoms with E-state index < -0.39 is 0 Å². The van der Waals surface area contributed by atoms with Gasteiger partial charge in [-0.25, -0.2) is 0 Å². The lowest BCUT2D eigenvalue weighted by atomic mass is 9.92. The number of ether oxygens (including phenoxy) is 1. The topological polar surface area (TPSA) is 24.5 Å². The summed E-state index contributed by atoms with van der Waals surface area (Å²) in [5.41, 5.74) is 0.444. The number of nitrogens with one attached hydrogen (secondary N) is 1. The van der Waals surface area contributed by atoms with Gasteiger partial charge in [-0.3, -0.25) is 4.90 Å². The minimum Gasteiger partial charge on any atom is -0.379 e. The van der Waals surface area contributed by atoms with Crippen LogP contribution in [0.2, 0.25) is 0 Å². The zero-order valence-electron chi connectivity index (χ0n) is 11.4. The summed E-state index contributed by atoms with van der Waals surface area (Å²) in [5, 5.41) is 3.53. The first kappa shape index (κ1) is 13.9. The van der Waals surface area contributed by atoms with Crippen molar-refractivity contribution >= 4 is 0 Å². The summed E-state index contributed by atoms with van der Waals surface area (Å²) in [5.74, 6) is 0. The molecule has 0 spiro atoms. The van der Waals surface area contributed by atoms with Crippen LogP contribution in [-0.4, -0.2) is 50.3 Å². The van der Waals surface area contributed by atoms with Crippen molar-refractivity contribution < 1.29 is 4.74 Å². The van der Waals surface area contributed by atoms with E-state index in [1.165, 1.54) is 6.42 Å². The summed E-state index contributed by atoms with van der Waals surface area (Å²) in [6.45, 7) is 15.4. The van der Waals surface area contributed by atoms with Crippen molar-refractivity contribution in [3.05, 3.63) is 0 Å². The molecule has 1 fully saturated rings. The van der Waals surface area contributed by atoms with E-state index in [-0.39, 0.29) is 0 Å². The standard InChI is InChI=1S/C13H28N2O/c1-12-11-16-10-9-15(12)8-7-14-6-5-13(2,3)4/h12,14H,5-11H2,1-4H3. The molecule has 96 valence electrons. The van der Waals surface area contributed by atoms with E-state index in [2.05, 4.69) is 37.9 Å². The van der Waals surface area contributed by atoms with Crippen molar-refractivity contribution in [3.8, 4) is 0 Å². The molecular formula is C13H28N2O. The third-order valence-corrected chi connectivity index (χ3v) is 3.13. The molecule has 0 aromatic heterocycles. The zero-order chi connectivity index (χ0) is 12.0. The largest absolute Gasteiger partial charge is 0.379 e. The molecule has 16 heavy (non-hydrogen) atoms. The highest BCUT2D eigenvalue weighted by molar-refractivity contribution is 4.72. The fraction of sp³-hybridized carbons (Fsp3) is 1.00. The van der Waals surface area contributed by atoms with Gasteiger partial charge < -0.3 is 10.1 Å². The lowest BCUT2D eigenvalue weighted by Gasteiger charge is -2.33. The molecule has 0 amide bonds. The molecule has 1 aliphatic heterocycles. The van der Waals surface area contributed by atoms with Crippen LogP contribution in [0.1, 0.15) is 34.1 Å². The van der Waals surface area contributed by atoms with Gasteiger partial charge in [0.1, 0.15) is 0 Å². The lowest BCUT2D eigenvalue weighted by molar-refractivity contribution is 0.000408. The molecule has 0 aromatic rings. The summed E-state index contributed by atoms with van der Waals surface area (Å²) in [6.07, 6.45) is 1.24. The average molecular weight is 228 g/mol. The van der Waals surface area contributed by atoms with Gasteiger partial charge >= 0.3 is 0 Å². The van der Waals surface area contributed by atoms with Crippen LogP contribution in [0, 0.1) is 5.41 Å². The van der Waals surface area contributed by atoms with E-state index in [4.69, 9.17) is 4.74 Å². The van der Waals surface area contributed by atoms with Gasteiger partial charge in [-0.05, 0) is 25.3 Å². The highest BCUT2D eigenvalue weighted by atomic mass is 16.5. The van der Waals surface area contributed by atoms with Crippen molar-refractivity contribution in [3.63, 3.8) is 0 Å². The van der Waals surface area contributed by atoms with Crippen LogP contribution in [0.5, 0.6) is 0 Å². The minimum atomic E-state index is 0.444. The van der Waals surface area contributed by atoms with Crippen LogP contribution in [0.3, 0.4) is 0 Å². The van der Waals surface area contributed by atoms with Gasteiger partial charge in [-0.15, -0.1) is 0 Å². The summed E-state index contributed by atoms with van der Waals surface area (Å²) < 4.78 is 5.42. The second kappa shape index (κ2) is 6.58. The van der Waals surface area contributed by atoms with E-state index in [0.717, 1.165) is 39.4 Å². The zero-order valence-corrected chi connectivity index (χ0v) is 11.4. The number of morpholine rings is 1. The predicted molar refractivity (Wildman–Crippen MR) is 68.8 cm³/mol. The van der Waals surface area contributed by atoms with E-state index in [9.17, 15) is 0 Å². The normalized spacial score (nSPS) is 23.6. The highest BCUT2D eigenvalue weighted by Gasteiger charge is 2.17. The number of rotatable bonds is 5. The van der Waals surface area contributed by atoms with Gasteiger partial charge in [-0.2, -0.15) is 0 Å². The highest BCUT2D eigenvalue weighted by Crippen LogP contribution is 2.16. The molecule has 3 nitrogen and oxygen atoms in total. The maximum Gasteiger partial charge on any atom is 0.0619 e. The lowest BCUT2D eigenvalue weighted by Crippen LogP contribution is -2.46. The molecule has 1 saturated heterocycles. The number of nitrogens with zero attached hydrogens (tertiary/aromatic N) is 1. The first-order valence-corrected chi connectivity index (χ1v) is 6.51. The molecule has 1 rings (SSSR count). The molecule has 0 saturated carbocycles. The van der Waals surface area contributed by atoms with Crippen molar-refractivity contribution in [2.75, 3.05) is 39.4 Å². The first-order chi connectivity index (χ1) is 7.49. The van der Waals surface area contributed by atoms with Crippen molar-refractivity contribution in [1.82, 2.24) is 10.2 Å². The predicted octanol–water partition coefficient (Wildman–Crippen LogP) is 1.73. The van der Waals surface area contributed by atoms with E-state index >= 15 is 0 Å². The van der Waals surface area contributed by atoms with Gasteiger partial charge in [0.15, 0.2) is 0 Å². The van der Waals surface area contributed by atoms with E-state index in [1.54, 1.807) is 0 Å². The molecule has 1 unspecified atom stereocenters. The number of hydrogen-bond donors (Lipinski definition) is 1. The Bertz CT molecular complexity index is 189. The van der Waals surface area contributed by atoms with Crippen LogP contribution in [-0.2, 0) is 4.74 Å². The van der Waals surface area contributed by atoms with Crippen molar-refractivity contribution in [1.29, 1.82) is 0 Å². The summed E-state index contributed by atoms with van der Waals surface area (Å²) in [7, 11) is 0. The monoisotopic (exact) mass is 228 g/mol. The minimum absolute atomic E-state index is 0.444. The molecule has 1 aliphatic rings. The maximum atomic E-state index is 5.42. The smallest absolute Gasteiger partial charge is 0.0619 e. The molecule has 0 aromatic carbocycles. The summed E-state index contributed by atoms with van der Waals surface area (Å²) in [4.78, 5) is 2.51. The van der Waals surface area contributed by atoms with Gasteiger partial charge in [0.05, 0.1) is 13.2 Å². The summed E-state index contributed by atoms with van der Waals surface area (Å²) in [6, 6.07) is 0.582. The molecule has 1 N–H and O–H groups in total. The van der Waals surface area contributed by atoms with Gasteiger partial charge in [0.25, 0.3) is 0 Å². The molecule has 0 radical (unpaired) electrons. The maximum absolute atomic E-state index is 5.42. The van der Waals surface area contributed by atoms with Crippen LogP contribution < -0.4 is 5.32 Å². The third kappa shape index (κ3) is 5.83. The Morgan fingerprint density at radius 1 is 1.31 bits per heavy atom. The van der Waals surface area contributed by atoms with E-state index in [0.29, 0.717) is 11.5 Å². The van der Waals surface area contributed by atoms with Crippen LogP contribution in [0.4, 0.5) is 0 Å². The van der Waals surface area contributed by atoms with Crippen molar-refractivity contribution in [2.24, 2.45) is 5.41 Å². The van der Waals surface area contributed by atoms with Gasteiger partial charge in [0, 0.05) is 25.7 Å². The van der Waals surface area contributed by atoms with Gasteiger partial charge in [0.2, 0.25) is 0 Å². The second-order valence-corrected chi connectivity index (χ2v) is 6.02. The second-order valence-electron chi connectivity index (χ2n) is 6.02. The van der Waals surface area contributed by atoms with Crippen LogP contribution in [0.25, 0.3) is 0 Å². The molecule has 0 bridgehead atoms. The SMILES string of the molecule is CC1COCCN1CCNCCC(C)(C)C. The first-order valence-electron chi connectivity index (χ1n) is 6.51. The Labute approximate surface area is 101 Å². The van der Waals surface area contributed by atoms with Gasteiger partial charge in [-0.1, -0.05) is 20.8 Å². The average Bonchev–Trinajstić information content (AvgIpc) is 2.18. The van der Waals surface area contributed by atoms with Crippen LogP contribution >= 0.6 is 0 Å².